The molecule has 0 saturated heterocycles. The molecular formula is C17H17FIN3OS. The van der Waals surface area contributed by atoms with E-state index in [0.717, 1.165) is 27.0 Å². The summed E-state index contributed by atoms with van der Waals surface area (Å²) in [7, 11) is 0. The second-order valence-electron chi connectivity index (χ2n) is 4.83. The van der Waals surface area contributed by atoms with Crippen LogP contribution in [0.4, 0.5) is 4.39 Å². The minimum absolute atomic E-state index is 0.251. The van der Waals surface area contributed by atoms with E-state index in [2.05, 4.69) is 38.4 Å². The van der Waals surface area contributed by atoms with Crippen LogP contribution in [0.25, 0.3) is 0 Å². The molecule has 24 heavy (non-hydrogen) atoms. The smallest absolute Gasteiger partial charge is 0.186 e. The molecule has 2 rings (SSSR count). The molecule has 7 heteroatoms. The van der Waals surface area contributed by atoms with Gasteiger partial charge in [-0.2, -0.15) is 5.10 Å². The van der Waals surface area contributed by atoms with Crippen molar-refractivity contribution >= 4 is 46.1 Å². The van der Waals surface area contributed by atoms with Gasteiger partial charge < -0.3 is 10.1 Å². The van der Waals surface area contributed by atoms with Crippen LogP contribution in [0.5, 0.6) is 5.75 Å². The van der Waals surface area contributed by atoms with Gasteiger partial charge in [-0.1, -0.05) is 12.1 Å². The number of rotatable bonds is 6. The normalized spacial score (nSPS) is 10.6. The van der Waals surface area contributed by atoms with Crippen molar-refractivity contribution in [2.24, 2.45) is 5.10 Å². The standard InChI is InChI=1S/C17H17FIN3OS/c1-2-20-17(24)22-21-10-13-5-8-16(15(19)9-13)23-11-12-3-6-14(18)7-4-12/h3-10H,2,11H2,1H3,(H2,20,22,24)/b21-10-. The highest BCUT2D eigenvalue weighted by Crippen LogP contribution is 2.22. The molecule has 0 fully saturated rings. The quantitative estimate of drug-likeness (QED) is 0.300. The summed E-state index contributed by atoms with van der Waals surface area (Å²) in [5.41, 5.74) is 4.59. The second kappa shape index (κ2) is 9.53. The number of halogens is 2. The Labute approximate surface area is 159 Å². The molecule has 0 aliphatic carbocycles. The third-order valence-corrected chi connectivity index (χ3v) is 4.06. The maximum absolute atomic E-state index is 12.9. The van der Waals surface area contributed by atoms with Gasteiger partial charge in [-0.3, -0.25) is 5.43 Å². The summed E-state index contributed by atoms with van der Waals surface area (Å²) in [6.45, 7) is 3.10. The minimum Gasteiger partial charge on any atom is -0.488 e. The fraction of sp³-hybridized carbons (Fsp3) is 0.176. The largest absolute Gasteiger partial charge is 0.488 e. The molecule has 2 aromatic carbocycles. The van der Waals surface area contributed by atoms with Crippen molar-refractivity contribution in [2.45, 2.75) is 13.5 Å². The number of benzene rings is 2. The lowest BCUT2D eigenvalue weighted by atomic mass is 10.2. The Bertz CT molecular complexity index is 722. The molecule has 0 aliphatic rings. The molecule has 0 unspecified atom stereocenters. The molecule has 0 atom stereocenters. The predicted molar refractivity (Wildman–Crippen MR) is 107 cm³/mol. The summed E-state index contributed by atoms with van der Waals surface area (Å²) in [5, 5.41) is 7.51. The van der Waals surface area contributed by atoms with E-state index in [0.29, 0.717) is 11.7 Å². The monoisotopic (exact) mass is 457 g/mol. The molecule has 0 radical (unpaired) electrons. The van der Waals surface area contributed by atoms with E-state index in [1.807, 2.05) is 25.1 Å². The Morgan fingerprint density at radius 3 is 2.71 bits per heavy atom. The Balaban J connectivity index is 1.92. The van der Waals surface area contributed by atoms with Gasteiger partial charge in [-0.25, -0.2) is 4.39 Å². The molecule has 0 aliphatic heterocycles. The number of hydrazone groups is 1. The Morgan fingerprint density at radius 2 is 2.04 bits per heavy atom. The SMILES string of the molecule is CCNC(=S)N/N=C\c1ccc(OCc2ccc(F)cc2)c(I)c1. The van der Waals surface area contributed by atoms with E-state index in [1.165, 1.54) is 12.1 Å². The summed E-state index contributed by atoms with van der Waals surface area (Å²) in [5.74, 6) is 0.521. The Kier molecular flexibility index (Phi) is 7.38. The van der Waals surface area contributed by atoms with Gasteiger partial charge in [0.25, 0.3) is 0 Å². The molecule has 0 bridgehead atoms. The number of thiocarbonyl (C=S) groups is 1. The maximum Gasteiger partial charge on any atom is 0.186 e. The molecule has 0 amide bonds. The van der Waals surface area contributed by atoms with Crippen LogP contribution in [0, 0.1) is 9.39 Å². The van der Waals surface area contributed by atoms with Gasteiger partial charge >= 0.3 is 0 Å². The molecule has 2 N–H and O–H groups in total. The van der Waals surface area contributed by atoms with Crippen LogP contribution < -0.4 is 15.5 Å². The van der Waals surface area contributed by atoms with Crippen molar-refractivity contribution in [2.75, 3.05) is 6.54 Å². The minimum atomic E-state index is -0.251. The van der Waals surface area contributed by atoms with Crippen molar-refractivity contribution in [3.8, 4) is 5.75 Å². The van der Waals surface area contributed by atoms with E-state index < -0.39 is 0 Å². The fourth-order valence-corrected chi connectivity index (χ4v) is 2.71. The first-order chi connectivity index (χ1) is 11.6. The summed E-state index contributed by atoms with van der Waals surface area (Å²) in [6, 6.07) is 12.0. The topological polar surface area (TPSA) is 45.7 Å². The van der Waals surface area contributed by atoms with Gasteiger partial charge in [-0.05, 0) is 83.2 Å². The van der Waals surface area contributed by atoms with Gasteiger partial charge in [0.05, 0.1) is 9.78 Å². The van der Waals surface area contributed by atoms with E-state index >= 15 is 0 Å². The van der Waals surface area contributed by atoms with Crippen molar-refractivity contribution in [1.82, 2.24) is 10.7 Å². The number of nitrogens with zero attached hydrogens (tertiary/aromatic N) is 1. The van der Waals surface area contributed by atoms with Crippen molar-refractivity contribution in [3.63, 3.8) is 0 Å². The zero-order valence-corrected chi connectivity index (χ0v) is 16.0. The molecule has 0 heterocycles. The highest BCUT2D eigenvalue weighted by Gasteiger charge is 2.03. The number of hydrogen-bond acceptors (Lipinski definition) is 3. The van der Waals surface area contributed by atoms with Gasteiger partial charge in [0.1, 0.15) is 18.2 Å². The van der Waals surface area contributed by atoms with Crippen molar-refractivity contribution in [3.05, 3.63) is 63.0 Å². The summed E-state index contributed by atoms with van der Waals surface area (Å²) < 4.78 is 19.6. The zero-order valence-electron chi connectivity index (χ0n) is 13.1. The van der Waals surface area contributed by atoms with Crippen LogP contribution in [0.3, 0.4) is 0 Å². The predicted octanol–water partition coefficient (Wildman–Crippen LogP) is 3.83. The third-order valence-electron chi connectivity index (χ3n) is 2.98. The van der Waals surface area contributed by atoms with Crippen LogP contribution in [-0.2, 0) is 6.61 Å². The van der Waals surface area contributed by atoms with E-state index in [1.54, 1.807) is 18.3 Å². The Morgan fingerprint density at radius 1 is 1.29 bits per heavy atom. The van der Waals surface area contributed by atoms with Gasteiger partial charge in [0.2, 0.25) is 0 Å². The van der Waals surface area contributed by atoms with Crippen LogP contribution in [0.1, 0.15) is 18.1 Å². The Hall–Kier alpha value is -1.74. The van der Waals surface area contributed by atoms with Crippen LogP contribution >= 0.6 is 34.8 Å². The molecule has 4 nitrogen and oxygen atoms in total. The number of ether oxygens (including phenoxy) is 1. The van der Waals surface area contributed by atoms with Gasteiger partial charge in [0.15, 0.2) is 5.11 Å². The third kappa shape index (κ3) is 6.04. The van der Waals surface area contributed by atoms with E-state index in [4.69, 9.17) is 17.0 Å². The van der Waals surface area contributed by atoms with Gasteiger partial charge in [-0.15, -0.1) is 0 Å². The molecule has 0 aromatic heterocycles. The van der Waals surface area contributed by atoms with E-state index in [9.17, 15) is 4.39 Å². The summed E-state index contributed by atoms with van der Waals surface area (Å²) in [6.07, 6.45) is 1.69. The fourth-order valence-electron chi connectivity index (χ4n) is 1.82. The summed E-state index contributed by atoms with van der Waals surface area (Å²) in [4.78, 5) is 0. The first-order valence-electron chi connectivity index (χ1n) is 7.32. The first kappa shape index (κ1) is 18.6. The molecule has 0 spiro atoms. The molecule has 0 saturated carbocycles. The highest BCUT2D eigenvalue weighted by atomic mass is 127. The van der Waals surface area contributed by atoms with Crippen LogP contribution in [0.2, 0.25) is 0 Å². The molecular weight excluding hydrogens is 440 g/mol. The lowest BCUT2D eigenvalue weighted by Gasteiger charge is -2.09. The maximum atomic E-state index is 12.9. The highest BCUT2D eigenvalue weighted by molar-refractivity contribution is 14.1. The summed E-state index contributed by atoms with van der Waals surface area (Å²) >= 11 is 7.23. The lowest BCUT2D eigenvalue weighted by molar-refractivity contribution is 0.304. The first-order valence-corrected chi connectivity index (χ1v) is 8.81. The second-order valence-corrected chi connectivity index (χ2v) is 6.40. The number of hydrogen-bond donors (Lipinski definition) is 2. The van der Waals surface area contributed by atoms with Crippen molar-refractivity contribution in [1.29, 1.82) is 0 Å². The average molecular weight is 457 g/mol. The number of nitrogens with one attached hydrogen (secondary N) is 2. The van der Waals surface area contributed by atoms with Crippen LogP contribution in [-0.4, -0.2) is 17.9 Å². The van der Waals surface area contributed by atoms with E-state index in [-0.39, 0.29) is 5.82 Å². The average Bonchev–Trinajstić information content (AvgIpc) is 2.56. The van der Waals surface area contributed by atoms with Crippen LogP contribution in [0.15, 0.2) is 47.6 Å². The van der Waals surface area contributed by atoms with Crippen molar-refractivity contribution < 1.29 is 9.13 Å². The van der Waals surface area contributed by atoms with Gasteiger partial charge in [0, 0.05) is 6.54 Å². The zero-order chi connectivity index (χ0) is 17.4. The lowest BCUT2D eigenvalue weighted by Crippen LogP contribution is -2.31. The molecule has 126 valence electrons. The molecule has 2 aromatic rings.